The van der Waals surface area contributed by atoms with Crippen LogP contribution in [0, 0.1) is 0 Å². The van der Waals surface area contributed by atoms with Crippen molar-refractivity contribution in [3.05, 3.63) is 71.8 Å². The lowest BCUT2D eigenvalue weighted by atomic mass is 10.0. The second-order valence-electron chi connectivity index (χ2n) is 6.71. The summed E-state index contributed by atoms with van der Waals surface area (Å²) in [6.45, 7) is 2.78. The van der Waals surface area contributed by atoms with E-state index in [1.807, 2.05) is 36.4 Å². The van der Waals surface area contributed by atoms with Gasteiger partial charge in [-0.2, -0.15) is 0 Å². The summed E-state index contributed by atoms with van der Waals surface area (Å²) in [6.07, 6.45) is 3.02. The van der Waals surface area contributed by atoms with E-state index in [0.29, 0.717) is 13.0 Å². The third-order valence-electron chi connectivity index (χ3n) is 4.87. The summed E-state index contributed by atoms with van der Waals surface area (Å²) < 4.78 is 0. The van der Waals surface area contributed by atoms with Gasteiger partial charge in [0.1, 0.15) is 0 Å². The highest BCUT2D eigenvalue weighted by atomic mass is 35.5. The zero-order chi connectivity index (χ0) is 17.5. The van der Waals surface area contributed by atoms with E-state index in [-0.39, 0.29) is 36.8 Å². The molecule has 1 unspecified atom stereocenters. The molecule has 1 heterocycles. The van der Waals surface area contributed by atoms with Gasteiger partial charge in [-0.05, 0) is 43.5 Å². The number of halogens is 2. The topological polar surface area (TPSA) is 58.4 Å². The molecule has 148 valence electrons. The van der Waals surface area contributed by atoms with Crippen LogP contribution in [-0.2, 0) is 11.2 Å². The summed E-state index contributed by atoms with van der Waals surface area (Å²) in [7, 11) is 0. The normalized spacial score (nSPS) is 15.9. The number of hydrogen-bond donors (Lipinski definition) is 2. The molecule has 0 aliphatic carbocycles. The molecule has 27 heavy (non-hydrogen) atoms. The molecule has 0 saturated carbocycles. The first-order valence-electron chi connectivity index (χ1n) is 9.10. The second kappa shape index (κ2) is 12.0. The number of hydrogen-bond acceptors (Lipinski definition) is 3. The summed E-state index contributed by atoms with van der Waals surface area (Å²) in [5, 5.41) is 3.07. The van der Waals surface area contributed by atoms with E-state index >= 15 is 0 Å². The number of nitrogens with one attached hydrogen (secondary N) is 1. The Hall–Kier alpha value is -1.59. The predicted octanol–water partition coefficient (Wildman–Crippen LogP) is 3.35. The van der Waals surface area contributed by atoms with E-state index in [9.17, 15) is 4.79 Å². The van der Waals surface area contributed by atoms with Crippen LogP contribution in [0.25, 0.3) is 0 Å². The van der Waals surface area contributed by atoms with Gasteiger partial charge >= 0.3 is 0 Å². The Balaban J connectivity index is 0.00000182. The quantitative estimate of drug-likeness (QED) is 0.736. The molecule has 3 N–H and O–H groups in total. The van der Waals surface area contributed by atoms with Crippen LogP contribution in [0.5, 0.6) is 0 Å². The van der Waals surface area contributed by atoms with E-state index in [1.165, 1.54) is 18.4 Å². The Bertz CT molecular complexity index is 664. The molecule has 6 heteroatoms. The summed E-state index contributed by atoms with van der Waals surface area (Å²) in [6, 6.07) is 20.0. The Labute approximate surface area is 174 Å². The number of nitrogens with two attached hydrogens (primary N) is 1. The average molecular weight is 410 g/mol. The molecule has 0 spiro atoms. The van der Waals surface area contributed by atoms with Gasteiger partial charge in [-0.15, -0.1) is 24.8 Å². The highest BCUT2D eigenvalue weighted by Crippen LogP contribution is 2.24. The van der Waals surface area contributed by atoms with Crippen LogP contribution in [0.2, 0.25) is 0 Å². The lowest BCUT2D eigenvalue weighted by molar-refractivity contribution is -0.122. The minimum atomic E-state index is -0.516. The maximum absolute atomic E-state index is 12.4. The minimum absolute atomic E-state index is 0. The van der Waals surface area contributed by atoms with Crippen LogP contribution in [0.3, 0.4) is 0 Å². The predicted molar refractivity (Wildman–Crippen MR) is 116 cm³/mol. The average Bonchev–Trinajstić information content (AvgIpc) is 3.18. The standard InChI is InChI=1S/C21H27N3O.2ClH/c22-19(15-17-9-3-1-4-10-17)21(25)23-16-20(24-13-7-8-14-24)18-11-5-2-6-12-18;;/h1-6,9-12,19-20H,7-8,13-16,22H2,(H,23,25);2*1H/t19-,20?;;/m0../s1. The Morgan fingerprint density at radius 1 is 0.963 bits per heavy atom. The van der Waals surface area contributed by atoms with Gasteiger partial charge in [0.2, 0.25) is 5.91 Å². The first kappa shape index (κ1) is 23.4. The molecule has 0 radical (unpaired) electrons. The fraction of sp³-hybridized carbons (Fsp3) is 0.381. The molecule has 1 fully saturated rings. The van der Waals surface area contributed by atoms with Crippen LogP contribution < -0.4 is 11.1 Å². The fourth-order valence-corrected chi connectivity index (χ4v) is 3.48. The van der Waals surface area contributed by atoms with Gasteiger partial charge < -0.3 is 11.1 Å². The smallest absolute Gasteiger partial charge is 0.237 e. The minimum Gasteiger partial charge on any atom is -0.353 e. The summed E-state index contributed by atoms with van der Waals surface area (Å²) >= 11 is 0. The summed E-state index contributed by atoms with van der Waals surface area (Å²) in [5.41, 5.74) is 8.44. The van der Waals surface area contributed by atoms with Crippen molar-refractivity contribution < 1.29 is 4.79 Å². The van der Waals surface area contributed by atoms with E-state index in [0.717, 1.165) is 18.7 Å². The van der Waals surface area contributed by atoms with Crippen LogP contribution in [0.1, 0.15) is 30.0 Å². The molecule has 3 rings (SSSR count). The zero-order valence-corrected chi connectivity index (χ0v) is 17.1. The van der Waals surface area contributed by atoms with Gasteiger partial charge in [-0.25, -0.2) is 0 Å². The van der Waals surface area contributed by atoms with Gasteiger partial charge in [-0.3, -0.25) is 9.69 Å². The maximum Gasteiger partial charge on any atom is 0.237 e. The molecule has 1 saturated heterocycles. The number of carbonyl (C=O) groups excluding carboxylic acids is 1. The molecule has 1 aliphatic rings. The van der Waals surface area contributed by atoms with Gasteiger partial charge in [0.25, 0.3) is 0 Å². The Morgan fingerprint density at radius 3 is 2.11 bits per heavy atom. The number of rotatable bonds is 7. The summed E-state index contributed by atoms with van der Waals surface area (Å²) in [5.74, 6) is -0.0796. The molecule has 2 atom stereocenters. The zero-order valence-electron chi connectivity index (χ0n) is 15.4. The first-order valence-corrected chi connectivity index (χ1v) is 9.10. The molecule has 1 aliphatic heterocycles. The van der Waals surface area contributed by atoms with E-state index < -0.39 is 6.04 Å². The number of benzene rings is 2. The fourth-order valence-electron chi connectivity index (χ4n) is 3.48. The van der Waals surface area contributed by atoms with Crippen molar-refractivity contribution in [2.24, 2.45) is 5.73 Å². The van der Waals surface area contributed by atoms with Crippen molar-refractivity contribution in [1.29, 1.82) is 0 Å². The highest BCUT2D eigenvalue weighted by Gasteiger charge is 2.24. The molecule has 2 aromatic carbocycles. The molecule has 2 aromatic rings. The van der Waals surface area contributed by atoms with Crippen molar-refractivity contribution in [3.8, 4) is 0 Å². The van der Waals surface area contributed by atoms with Crippen LogP contribution >= 0.6 is 24.8 Å². The van der Waals surface area contributed by atoms with Gasteiger partial charge in [0.05, 0.1) is 12.1 Å². The van der Waals surface area contributed by atoms with E-state index in [1.54, 1.807) is 0 Å². The number of nitrogens with zero attached hydrogens (tertiary/aromatic N) is 1. The maximum atomic E-state index is 12.4. The number of carbonyl (C=O) groups is 1. The van der Waals surface area contributed by atoms with Gasteiger partial charge in [0.15, 0.2) is 0 Å². The van der Waals surface area contributed by atoms with Crippen molar-refractivity contribution in [1.82, 2.24) is 10.2 Å². The molecule has 0 aromatic heterocycles. The van der Waals surface area contributed by atoms with Crippen molar-refractivity contribution in [3.63, 3.8) is 0 Å². The summed E-state index contributed by atoms with van der Waals surface area (Å²) in [4.78, 5) is 14.9. The van der Waals surface area contributed by atoms with Gasteiger partial charge in [0, 0.05) is 6.54 Å². The van der Waals surface area contributed by atoms with Crippen molar-refractivity contribution in [2.75, 3.05) is 19.6 Å². The third-order valence-corrected chi connectivity index (χ3v) is 4.87. The molecular formula is C21H29Cl2N3O. The number of amides is 1. The third kappa shape index (κ3) is 6.82. The molecule has 4 nitrogen and oxygen atoms in total. The Morgan fingerprint density at radius 2 is 1.52 bits per heavy atom. The second-order valence-corrected chi connectivity index (χ2v) is 6.71. The van der Waals surface area contributed by atoms with Gasteiger partial charge in [-0.1, -0.05) is 60.7 Å². The highest BCUT2D eigenvalue weighted by molar-refractivity contribution is 5.85. The largest absolute Gasteiger partial charge is 0.353 e. The molecule has 1 amide bonds. The lowest BCUT2D eigenvalue weighted by Crippen LogP contribution is -2.45. The SMILES string of the molecule is Cl.Cl.N[C@@H](Cc1ccccc1)C(=O)NCC(c1ccccc1)N1CCCC1. The van der Waals surface area contributed by atoms with Crippen molar-refractivity contribution >= 4 is 30.7 Å². The van der Waals surface area contributed by atoms with E-state index in [2.05, 4.69) is 34.5 Å². The molecular weight excluding hydrogens is 381 g/mol. The number of likely N-dealkylation sites (tertiary alicyclic amines) is 1. The lowest BCUT2D eigenvalue weighted by Gasteiger charge is -2.28. The Kier molecular flexibility index (Phi) is 10.4. The van der Waals surface area contributed by atoms with Crippen LogP contribution in [0.4, 0.5) is 0 Å². The van der Waals surface area contributed by atoms with Crippen LogP contribution in [0.15, 0.2) is 60.7 Å². The first-order chi connectivity index (χ1) is 12.2. The van der Waals surface area contributed by atoms with Crippen molar-refractivity contribution in [2.45, 2.75) is 31.3 Å². The monoisotopic (exact) mass is 409 g/mol. The van der Waals surface area contributed by atoms with Crippen LogP contribution in [-0.4, -0.2) is 36.5 Å². The van der Waals surface area contributed by atoms with E-state index in [4.69, 9.17) is 5.73 Å². The molecule has 0 bridgehead atoms.